The van der Waals surface area contributed by atoms with Gasteiger partial charge in [0.25, 0.3) is 0 Å². The van der Waals surface area contributed by atoms with Crippen LogP contribution in [0.5, 0.6) is 0 Å². The molecule has 1 heteroatoms. The number of aryl methyl sites for hydroxylation is 1. The number of aromatic nitrogens is 1. The first-order valence-electron chi connectivity index (χ1n) is 2.80. The zero-order valence-corrected chi connectivity index (χ0v) is 3.60. The fourth-order valence-corrected chi connectivity index (χ4v) is 0.325. The van der Waals surface area contributed by atoms with Gasteiger partial charge in [-0.2, -0.15) is 0 Å². The van der Waals surface area contributed by atoms with Gasteiger partial charge in [0.1, 0.15) is 0 Å². The Morgan fingerprint density at radius 2 is 2.67 bits per heavy atom. The molecule has 0 saturated heterocycles. The number of rotatable bonds is 0. The maximum absolute atomic E-state index is 7.10. The summed E-state index contributed by atoms with van der Waals surface area (Å²) in [6, 6.07) is 1.88. The third-order valence-corrected chi connectivity index (χ3v) is 0.622. The van der Waals surface area contributed by atoms with Crippen LogP contribution in [-0.2, 0) is 7.05 Å². The average Bonchev–Trinajstić information content (AvgIpc) is 1.98. The van der Waals surface area contributed by atoms with E-state index in [1.165, 1.54) is 0 Å². The third-order valence-electron chi connectivity index (χ3n) is 0.622. The second-order valence-electron chi connectivity index (χ2n) is 1.18. The van der Waals surface area contributed by atoms with Crippen molar-refractivity contribution in [2.24, 2.45) is 7.05 Å². The summed E-state index contributed by atoms with van der Waals surface area (Å²) in [5, 5.41) is 0. The molecule has 0 aromatic carbocycles. The van der Waals surface area contributed by atoms with E-state index >= 15 is 0 Å². The summed E-state index contributed by atoms with van der Waals surface area (Å²) in [5.41, 5.74) is 0. The molecule has 32 valence electrons. The molecular formula is C5H7N. The lowest BCUT2D eigenvalue weighted by Gasteiger charge is -1.79. The summed E-state index contributed by atoms with van der Waals surface area (Å²) in [7, 11) is 1.75. The van der Waals surface area contributed by atoms with Crippen LogP contribution < -0.4 is 0 Å². The highest BCUT2D eigenvalue weighted by atomic mass is 14.9. The van der Waals surface area contributed by atoms with Crippen molar-refractivity contribution in [3.05, 3.63) is 24.5 Å². The SMILES string of the molecule is [2H]c1ccn(C)c1[2H]. The summed E-state index contributed by atoms with van der Waals surface area (Å²) in [6.45, 7) is 0. The van der Waals surface area contributed by atoms with Crippen LogP contribution in [0.3, 0.4) is 0 Å². The molecule has 0 aliphatic rings. The lowest BCUT2D eigenvalue weighted by atomic mass is 10.7. The van der Waals surface area contributed by atoms with Gasteiger partial charge in [0.15, 0.2) is 0 Å². The fourth-order valence-electron chi connectivity index (χ4n) is 0.325. The molecule has 1 heterocycles. The molecule has 0 N–H and O–H groups in total. The van der Waals surface area contributed by atoms with E-state index in [1.54, 1.807) is 23.9 Å². The van der Waals surface area contributed by atoms with Gasteiger partial charge in [0.05, 0.1) is 2.74 Å². The van der Waals surface area contributed by atoms with Gasteiger partial charge in [0.2, 0.25) is 0 Å². The Morgan fingerprint density at radius 1 is 1.83 bits per heavy atom. The second kappa shape index (κ2) is 1.17. The predicted molar refractivity (Wildman–Crippen MR) is 25.4 cm³/mol. The molecule has 0 atom stereocenters. The van der Waals surface area contributed by atoms with Crippen LogP contribution >= 0.6 is 0 Å². The Balaban J connectivity index is 3.19. The number of hydrogen-bond donors (Lipinski definition) is 0. The van der Waals surface area contributed by atoms with E-state index in [0.717, 1.165) is 0 Å². The Bertz CT molecular complexity index is 173. The van der Waals surface area contributed by atoms with Crippen LogP contribution in [0.4, 0.5) is 0 Å². The van der Waals surface area contributed by atoms with Crippen molar-refractivity contribution in [2.45, 2.75) is 0 Å². The molecule has 1 aromatic rings. The van der Waals surface area contributed by atoms with Crippen molar-refractivity contribution in [1.82, 2.24) is 4.57 Å². The highest BCUT2D eigenvalue weighted by molar-refractivity contribution is 4.88. The predicted octanol–water partition coefficient (Wildman–Crippen LogP) is 1.03. The first-order chi connectivity index (χ1) is 3.72. The average molecular weight is 83.1 g/mol. The smallest absolute Gasteiger partial charge is 0.0818 e. The fraction of sp³-hybridized carbons (Fsp3) is 0.200. The molecule has 0 spiro atoms. The number of nitrogens with zero attached hydrogens (tertiary/aromatic N) is 1. The standard InChI is InChI=1S/C5H7N/c1-6-4-2-3-5-6/h2-5H,1H3/i2D,4D. The minimum atomic E-state index is 0.269. The summed E-state index contributed by atoms with van der Waals surface area (Å²) < 4.78 is 15.7. The molecule has 0 fully saturated rings. The van der Waals surface area contributed by atoms with Gasteiger partial charge in [-0.15, -0.1) is 0 Å². The molecule has 0 radical (unpaired) electrons. The van der Waals surface area contributed by atoms with Crippen LogP contribution in [0.15, 0.2) is 24.5 Å². The Morgan fingerprint density at radius 3 is 2.83 bits per heavy atom. The molecule has 0 bridgehead atoms. The molecular weight excluding hydrogens is 74.1 g/mol. The van der Waals surface area contributed by atoms with Gasteiger partial charge in [-0.05, 0) is 12.1 Å². The molecule has 0 aliphatic heterocycles. The molecule has 1 aromatic heterocycles. The molecule has 0 saturated carbocycles. The number of hydrogen-bond acceptors (Lipinski definition) is 0. The second-order valence-corrected chi connectivity index (χ2v) is 1.18. The minimum absolute atomic E-state index is 0.269. The lowest BCUT2D eigenvalue weighted by molar-refractivity contribution is 0.928. The summed E-state index contributed by atoms with van der Waals surface area (Å²) in [6.07, 6.45) is 1.97. The topological polar surface area (TPSA) is 4.93 Å². The highest BCUT2D eigenvalue weighted by Gasteiger charge is 1.68. The molecule has 6 heavy (non-hydrogen) atoms. The van der Waals surface area contributed by atoms with E-state index in [2.05, 4.69) is 0 Å². The van der Waals surface area contributed by atoms with Gasteiger partial charge >= 0.3 is 0 Å². The van der Waals surface area contributed by atoms with Gasteiger partial charge in [-0.25, -0.2) is 0 Å². The molecule has 1 nitrogen and oxygen atoms in total. The largest absolute Gasteiger partial charge is 0.357 e. The Kier molecular flexibility index (Phi) is 0.355. The normalized spacial score (nSPS) is 13.5. The third kappa shape index (κ3) is 0.432. The maximum Gasteiger partial charge on any atom is 0.0818 e. The molecule has 1 rings (SSSR count). The van der Waals surface area contributed by atoms with Crippen molar-refractivity contribution in [3.63, 3.8) is 0 Å². The Hall–Kier alpha value is -0.720. The van der Waals surface area contributed by atoms with Crippen LogP contribution in [-0.4, -0.2) is 4.57 Å². The Labute approximate surface area is 40.0 Å². The molecule has 0 aliphatic carbocycles. The van der Waals surface area contributed by atoms with Crippen molar-refractivity contribution < 1.29 is 2.74 Å². The summed E-state index contributed by atoms with van der Waals surface area (Å²) >= 11 is 0. The van der Waals surface area contributed by atoms with E-state index in [-0.39, 0.29) is 12.2 Å². The summed E-state index contributed by atoms with van der Waals surface area (Å²) in [4.78, 5) is 0. The van der Waals surface area contributed by atoms with Crippen molar-refractivity contribution in [2.75, 3.05) is 0 Å². The van der Waals surface area contributed by atoms with Gasteiger partial charge < -0.3 is 4.57 Å². The zero-order chi connectivity index (χ0) is 6.15. The van der Waals surface area contributed by atoms with E-state index in [0.29, 0.717) is 0 Å². The van der Waals surface area contributed by atoms with Crippen LogP contribution in [0.2, 0.25) is 0 Å². The van der Waals surface area contributed by atoms with Crippen molar-refractivity contribution in [3.8, 4) is 0 Å². The van der Waals surface area contributed by atoms with Crippen molar-refractivity contribution in [1.29, 1.82) is 0 Å². The minimum Gasteiger partial charge on any atom is -0.357 e. The zero-order valence-electron chi connectivity index (χ0n) is 5.60. The lowest BCUT2D eigenvalue weighted by Crippen LogP contribution is -1.75. The van der Waals surface area contributed by atoms with Gasteiger partial charge in [-0.1, -0.05) is 0 Å². The summed E-state index contributed by atoms with van der Waals surface area (Å²) in [5.74, 6) is 0. The monoisotopic (exact) mass is 83.1 g/mol. The van der Waals surface area contributed by atoms with Gasteiger partial charge in [0, 0.05) is 19.4 Å². The van der Waals surface area contributed by atoms with Gasteiger partial charge in [-0.3, -0.25) is 0 Å². The highest BCUT2D eigenvalue weighted by Crippen LogP contribution is 1.80. The van der Waals surface area contributed by atoms with E-state index in [1.807, 2.05) is 0 Å². The van der Waals surface area contributed by atoms with Crippen molar-refractivity contribution >= 4 is 0 Å². The van der Waals surface area contributed by atoms with Crippen LogP contribution in [0.1, 0.15) is 2.74 Å². The first kappa shape index (κ1) is 1.82. The van der Waals surface area contributed by atoms with Crippen LogP contribution in [0, 0.1) is 0 Å². The first-order valence-corrected chi connectivity index (χ1v) is 1.80. The van der Waals surface area contributed by atoms with E-state index < -0.39 is 0 Å². The van der Waals surface area contributed by atoms with E-state index in [9.17, 15) is 0 Å². The van der Waals surface area contributed by atoms with Crippen LogP contribution in [0.25, 0.3) is 0 Å². The molecule has 0 amide bonds. The van der Waals surface area contributed by atoms with E-state index in [4.69, 9.17) is 2.74 Å². The quantitative estimate of drug-likeness (QED) is 0.441. The molecule has 0 unspecified atom stereocenters. The maximum atomic E-state index is 7.10.